The van der Waals surface area contributed by atoms with Crippen LogP contribution in [0.3, 0.4) is 0 Å². The molecule has 18 heavy (non-hydrogen) atoms. The number of benzene rings is 1. The maximum atomic E-state index is 11.0. The molecule has 94 valence electrons. The predicted octanol–water partition coefficient (Wildman–Crippen LogP) is 2.59. The number of aryl methyl sites for hydroxylation is 1. The number of ether oxygens (including phenoxy) is 2. The SMILES string of the molecule is COC1=CCOC=C1c1cc(C(=O)O)ccc1C. The summed E-state index contributed by atoms with van der Waals surface area (Å²) in [5.41, 5.74) is 2.80. The average Bonchev–Trinajstić information content (AvgIpc) is 2.39. The van der Waals surface area contributed by atoms with Gasteiger partial charge in [-0.05, 0) is 36.3 Å². The first-order valence-electron chi connectivity index (χ1n) is 5.54. The number of carboxylic acids is 1. The molecule has 0 aliphatic carbocycles. The van der Waals surface area contributed by atoms with E-state index in [0.29, 0.717) is 12.4 Å². The third-order valence-electron chi connectivity index (χ3n) is 2.83. The number of hydrogen-bond acceptors (Lipinski definition) is 3. The van der Waals surface area contributed by atoms with E-state index in [1.54, 1.807) is 31.6 Å². The number of carboxylic acid groups (broad SMARTS) is 1. The molecule has 0 aromatic heterocycles. The lowest BCUT2D eigenvalue weighted by Gasteiger charge is -2.17. The van der Waals surface area contributed by atoms with Crippen LogP contribution >= 0.6 is 0 Å². The van der Waals surface area contributed by atoms with Crippen molar-refractivity contribution in [3.8, 4) is 0 Å². The van der Waals surface area contributed by atoms with Gasteiger partial charge in [-0.1, -0.05) is 6.07 Å². The van der Waals surface area contributed by atoms with E-state index in [1.165, 1.54) is 0 Å². The van der Waals surface area contributed by atoms with Crippen molar-refractivity contribution in [1.82, 2.24) is 0 Å². The zero-order valence-corrected chi connectivity index (χ0v) is 10.3. The fourth-order valence-electron chi connectivity index (χ4n) is 1.86. The minimum absolute atomic E-state index is 0.248. The molecular weight excluding hydrogens is 232 g/mol. The normalized spacial score (nSPS) is 14.3. The van der Waals surface area contributed by atoms with Gasteiger partial charge < -0.3 is 14.6 Å². The van der Waals surface area contributed by atoms with Crippen molar-refractivity contribution in [3.63, 3.8) is 0 Å². The molecule has 1 aliphatic rings. The number of aromatic carboxylic acids is 1. The van der Waals surface area contributed by atoms with Crippen LogP contribution in [0.15, 0.2) is 36.3 Å². The zero-order valence-electron chi connectivity index (χ0n) is 10.3. The topological polar surface area (TPSA) is 55.8 Å². The van der Waals surface area contributed by atoms with E-state index in [-0.39, 0.29) is 5.56 Å². The summed E-state index contributed by atoms with van der Waals surface area (Å²) in [7, 11) is 1.58. The third kappa shape index (κ3) is 2.22. The molecule has 0 unspecified atom stereocenters. The number of allylic oxidation sites excluding steroid dienone is 1. The van der Waals surface area contributed by atoms with Crippen molar-refractivity contribution in [2.24, 2.45) is 0 Å². The molecule has 0 amide bonds. The smallest absolute Gasteiger partial charge is 0.335 e. The molecule has 0 radical (unpaired) electrons. The minimum atomic E-state index is -0.948. The van der Waals surface area contributed by atoms with Crippen LogP contribution in [0.2, 0.25) is 0 Å². The molecule has 1 heterocycles. The van der Waals surface area contributed by atoms with Crippen LogP contribution in [-0.4, -0.2) is 24.8 Å². The van der Waals surface area contributed by atoms with Crippen molar-refractivity contribution in [3.05, 3.63) is 53.0 Å². The molecule has 1 aromatic carbocycles. The van der Waals surface area contributed by atoms with E-state index in [0.717, 1.165) is 16.7 Å². The Bertz CT molecular complexity index is 541. The summed E-state index contributed by atoms with van der Waals surface area (Å²) in [5, 5.41) is 9.03. The number of carbonyl (C=O) groups is 1. The summed E-state index contributed by atoms with van der Waals surface area (Å²) >= 11 is 0. The summed E-state index contributed by atoms with van der Waals surface area (Å²) in [6.45, 7) is 2.38. The first-order chi connectivity index (χ1) is 8.63. The second kappa shape index (κ2) is 4.96. The van der Waals surface area contributed by atoms with E-state index in [9.17, 15) is 4.79 Å². The largest absolute Gasteiger partial charge is 0.496 e. The number of rotatable bonds is 3. The first-order valence-corrected chi connectivity index (χ1v) is 5.54. The molecule has 0 bridgehead atoms. The van der Waals surface area contributed by atoms with E-state index < -0.39 is 5.97 Å². The van der Waals surface area contributed by atoms with Gasteiger partial charge >= 0.3 is 5.97 Å². The Morgan fingerprint density at radius 2 is 2.22 bits per heavy atom. The highest BCUT2D eigenvalue weighted by Gasteiger charge is 2.16. The monoisotopic (exact) mass is 246 g/mol. The van der Waals surface area contributed by atoms with Gasteiger partial charge in [-0.15, -0.1) is 0 Å². The predicted molar refractivity (Wildman–Crippen MR) is 67.2 cm³/mol. The minimum Gasteiger partial charge on any atom is -0.496 e. The van der Waals surface area contributed by atoms with E-state index in [4.69, 9.17) is 14.6 Å². The third-order valence-corrected chi connectivity index (χ3v) is 2.83. The molecule has 0 fully saturated rings. The maximum absolute atomic E-state index is 11.0. The number of hydrogen-bond donors (Lipinski definition) is 1. The van der Waals surface area contributed by atoms with Crippen molar-refractivity contribution in [2.45, 2.75) is 6.92 Å². The van der Waals surface area contributed by atoms with Gasteiger partial charge in [0.1, 0.15) is 12.4 Å². The van der Waals surface area contributed by atoms with Gasteiger partial charge in [0.2, 0.25) is 0 Å². The Kier molecular flexibility index (Phi) is 3.37. The van der Waals surface area contributed by atoms with Crippen LogP contribution in [-0.2, 0) is 9.47 Å². The molecule has 0 spiro atoms. The van der Waals surface area contributed by atoms with Gasteiger partial charge in [0.05, 0.1) is 24.5 Å². The molecule has 0 atom stereocenters. The maximum Gasteiger partial charge on any atom is 0.335 e. The van der Waals surface area contributed by atoms with Crippen molar-refractivity contribution < 1.29 is 19.4 Å². The van der Waals surface area contributed by atoms with E-state index in [1.807, 2.05) is 13.0 Å². The molecule has 0 saturated heterocycles. The molecule has 2 rings (SSSR count). The van der Waals surface area contributed by atoms with Gasteiger partial charge in [-0.2, -0.15) is 0 Å². The Morgan fingerprint density at radius 1 is 1.44 bits per heavy atom. The van der Waals surface area contributed by atoms with Gasteiger partial charge in [0.25, 0.3) is 0 Å². The summed E-state index contributed by atoms with van der Waals surface area (Å²) in [6, 6.07) is 4.99. The summed E-state index contributed by atoms with van der Waals surface area (Å²) < 4.78 is 10.5. The number of methoxy groups -OCH3 is 1. The lowest BCUT2D eigenvalue weighted by atomic mass is 9.97. The lowest BCUT2D eigenvalue weighted by Crippen LogP contribution is -2.05. The summed E-state index contributed by atoms with van der Waals surface area (Å²) in [6.07, 6.45) is 3.43. The first kappa shape index (κ1) is 12.2. The average molecular weight is 246 g/mol. The van der Waals surface area contributed by atoms with Crippen molar-refractivity contribution in [2.75, 3.05) is 13.7 Å². The van der Waals surface area contributed by atoms with Crippen LogP contribution < -0.4 is 0 Å². The van der Waals surface area contributed by atoms with Gasteiger partial charge in [-0.3, -0.25) is 0 Å². The molecule has 4 heteroatoms. The summed E-state index contributed by atoms with van der Waals surface area (Å²) in [5.74, 6) is -0.247. The van der Waals surface area contributed by atoms with E-state index in [2.05, 4.69) is 0 Å². The fraction of sp³-hybridized carbons (Fsp3) is 0.214. The highest BCUT2D eigenvalue weighted by atomic mass is 16.5. The van der Waals surface area contributed by atoms with Crippen LogP contribution in [0.4, 0.5) is 0 Å². The molecular formula is C14H14O4. The quantitative estimate of drug-likeness (QED) is 0.890. The molecule has 1 N–H and O–H groups in total. The molecule has 1 aliphatic heterocycles. The second-order valence-corrected chi connectivity index (χ2v) is 3.97. The van der Waals surface area contributed by atoms with Crippen molar-refractivity contribution >= 4 is 11.5 Å². The van der Waals surface area contributed by atoms with E-state index >= 15 is 0 Å². The molecule has 4 nitrogen and oxygen atoms in total. The van der Waals surface area contributed by atoms with Gasteiger partial charge in [0, 0.05) is 0 Å². The summed E-state index contributed by atoms with van der Waals surface area (Å²) in [4.78, 5) is 11.0. The Labute approximate surface area is 105 Å². The van der Waals surface area contributed by atoms with Gasteiger partial charge in [0.15, 0.2) is 0 Å². The van der Waals surface area contributed by atoms with Crippen LogP contribution in [0.25, 0.3) is 5.57 Å². The zero-order chi connectivity index (χ0) is 13.1. The standard InChI is InChI=1S/C14H14O4/c1-9-3-4-10(14(15)16)7-11(9)12-8-18-6-5-13(12)17-2/h3-5,7-8H,6H2,1-2H3,(H,15,16). The lowest BCUT2D eigenvalue weighted by molar-refractivity contribution is 0.0697. The fourth-order valence-corrected chi connectivity index (χ4v) is 1.86. The highest BCUT2D eigenvalue weighted by Crippen LogP contribution is 2.29. The van der Waals surface area contributed by atoms with Crippen LogP contribution in [0.1, 0.15) is 21.5 Å². The second-order valence-electron chi connectivity index (χ2n) is 3.97. The Balaban J connectivity index is 2.50. The van der Waals surface area contributed by atoms with Crippen LogP contribution in [0, 0.1) is 6.92 Å². The van der Waals surface area contributed by atoms with Gasteiger partial charge in [-0.25, -0.2) is 4.79 Å². The Hall–Kier alpha value is -2.23. The molecule has 1 aromatic rings. The van der Waals surface area contributed by atoms with Crippen LogP contribution in [0.5, 0.6) is 0 Å². The van der Waals surface area contributed by atoms with Crippen molar-refractivity contribution in [1.29, 1.82) is 0 Å². The Morgan fingerprint density at radius 3 is 2.89 bits per heavy atom. The molecule has 0 saturated carbocycles. The highest BCUT2D eigenvalue weighted by molar-refractivity contribution is 5.90.